The van der Waals surface area contributed by atoms with Crippen molar-refractivity contribution in [2.45, 2.75) is 19.9 Å². The molecule has 0 N–H and O–H groups in total. The summed E-state index contributed by atoms with van der Waals surface area (Å²) in [6.07, 6.45) is 0. The largest absolute Gasteiger partial charge is 0.333 e. The molecule has 1 aliphatic rings. The molecule has 1 fully saturated rings. The molecule has 4 rings (SSSR count). The van der Waals surface area contributed by atoms with E-state index in [1.807, 2.05) is 52.7 Å². The quantitative estimate of drug-likeness (QED) is 0.697. The Morgan fingerprint density at radius 3 is 2.41 bits per heavy atom. The number of amides is 1. The third kappa shape index (κ3) is 3.65. The summed E-state index contributed by atoms with van der Waals surface area (Å²) in [6, 6.07) is 14.3. The molecule has 1 aromatic carbocycles. The molecule has 7 heteroatoms. The molecule has 140 valence electrons. The van der Waals surface area contributed by atoms with Crippen LogP contribution >= 0.6 is 11.3 Å². The van der Waals surface area contributed by atoms with Crippen molar-refractivity contribution in [3.05, 3.63) is 53.7 Å². The molecule has 1 aliphatic heterocycles. The van der Waals surface area contributed by atoms with Crippen LogP contribution in [-0.2, 0) is 0 Å². The van der Waals surface area contributed by atoms with Crippen LogP contribution < -0.4 is 0 Å². The first-order chi connectivity index (χ1) is 13.1. The van der Waals surface area contributed by atoms with Gasteiger partial charge in [0.25, 0.3) is 5.91 Å². The molecule has 1 saturated heterocycles. The minimum absolute atomic E-state index is 0.0918. The summed E-state index contributed by atoms with van der Waals surface area (Å²) in [5, 5.41) is 6.58. The van der Waals surface area contributed by atoms with E-state index in [9.17, 15) is 4.79 Å². The average Bonchev–Trinajstić information content (AvgIpc) is 3.38. The van der Waals surface area contributed by atoms with Crippen LogP contribution in [0.15, 0.2) is 47.8 Å². The fourth-order valence-electron chi connectivity index (χ4n) is 3.30. The summed E-state index contributed by atoms with van der Waals surface area (Å²) in [5.41, 5.74) is 0.900. The van der Waals surface area contributed by atoms with Gasteiger partial charge in [0, 0.05) is 32.2 Å². The molecule has 0 bridgehead atoms. The van der Waals surface area contributed by atoms with Gasteiger partial charge in [0.15, 0.2) is 5.82 Å². The molecule has 3 heterocycles. The molecule has 0 aliphatic carbocycles. The van der Waals surface area contributed by atoms with Crippen molar-refractivity contribution in [1.29, 1.82) is 0 Å². The maximum Gasteiger partial charge on any atom is 0.293 e. The van der Waals surface area contributed by atoms with Gasteiger partial charge in [-0.2, -0.15) is 0 Å². The van der Waals surface area contributed by atoms with E-state index in [4.69, 9.17) is 0 Å². The highest BCUT2D eigenvalue weighted by molar-refractivity contribution is 7.13. The van der Waals surface area contributed by atoms with Crippen LogP contribution in [0.3, 0.4) is 0 Å². The molecular formula is C20H23N5OS. The van der Waals surface area contributed by atoms with Gasteiger partial charge in [-0.25, -0.2) is 9.67 Å². The van der Waals surface area contributed by atoms with Gasteiger partial charge < -0.3 is 4.90 Å². The van der Waals surface area contributed by atoms with E-state index in [1.165, 1.54) is 0 Å². The van der Waals surface area contributed by atoms with Crippen LogP contribution in [0.4, 0.5) is 0 Å². The molecule has 6 nitrogen and oxygen atoms in total. The van der Waals surface area contributed by atoms with E-state index in [0.29, 0.717) is 25.0 Å². The van der Waals surface area contributed by atoms with Crippen LogP contribution in [0.2, 0.25) is 0 Å². The maximum absolute atomic E-state index is 13.0. The van der Waals surface area contributed by atoms with Gasteiger partial charge in [0.1, 0.15) is 0 Å². The van der Waals surface area contributed by atoms with Crippen LogP contribution in [0.5, 0.6) is 0 Å². The third-order valence-corrected chi connectivity index (χ3v) is 5.74. The van der Waals surface area contributed by atoms with Crippen molar-refractivity contribution in [2.24, 2.45) is 0 Å². The van der Waals surface area contributed by atoms with Gasteiger partial charge in [-0.3, -0.25) is 9.69 Å². The van der Waals surface area contributed by atoms with E-state index in [2.05, 4.69) is 28.8 Å². The maximum atomic E-state index is 13.0. The summed E-state index contributed by atoms with van der Waals surface area (Å²) < 4.78 is 1.77. The van der Waals surface area contributed by atoms with Crippen molar-refractivity contribution >= 4 is 17.2 Å². The minimum atomic E-state index is -0.0918. The first kappa shape index (κ1) is 17.9. The average molecular weight is 382 g/mol. The first-order valence-electron chi connectivity index (χ1n) is 9.23. The fraction of sp³-hybridized carbons (Fsp3) is 0.350. The number of nitrogens with zero attached hydrogens (tertiary/aromatic N) is 5. The second kappa shape index (κ2) is 7.62. The lowest BCUT2D eigenvalue weighted by atomic mass is 10.2. The number of rotatable bonds is 4. The van der Waals surface area contributed by atoms with Crippen LogP contribution in [0.1, 0.15) is 24.5 Å². The van der Waals surface area contributed by atoms with Gasteiger partial charge in [0.2, 0.25) is 5.82 Å². The highest BCUT2D eigenvalue weighted by atomic mass is 32.1. The first-order valence-corrected chi connectivity index (χ1v) is 10.1. The van der Waals surface area contributed by atoms with Crippen molar-refractivity contribution < 1.29 is 4.79 Å². The fourth-order valence-corrected chi connectivity index (χ4v) is 4.00. The molecule has 3 aromatic rings. The predicted octanol–water partition coefficient (Wildman–Crippen LogP) is 3.16. The second-order valence-electron chi connectivity index (χ2n) is 6.91. The van der Waals surface area contributed by atoms with E-state index in [0.717, 1.165) is 23.7 Å². The minimum Gasteiger partial charge on any atom is -0.333 e. The smallest absolute Gasteiger partial charge is 0.293 e. The summed E-state index contributed by atoms with van der Waals surface area (Å²) in [4.78, 5) is 22.9. The number of para-hydroxylation sites is 1. The monoisotopic (exact) mass is 381 g/mol. The Hall–Kier alpha value is -2.51. The molecule has 0 radical (unpaired) electrons. The Morgan fingerprint density at radius 2 is 1.78 bits per heavy atom. The van der Waals surface area contributed by atoms with Gasteiger partial charge in [-0.1, -0.05) is 24.3 Å². The zero-order valence-corrected chi connectivity index (χ0v) is 16.4. The van der Waals surface area contributed by atoms with Crippen LogP contribution in [-0.4, -0.2) is 62.7 Å². The van der Waals surface area contributed by atoms with Gasteiger partial charge >= 0.3 is 0 Å². The van der Waals surface area contributed by atoms with Crippen molar-refractivity contribution in [1.82, 2.24) is 24.6 Å². The highest BCUT2D eigenvalue weighted by Crippen LogP contribution is 2.26. The lowest BCUT2D eigenvalue weighted by Gasteiger charge is -2.36. The highest BCUT2D eigenvalue weighted by Gasteiger charge is 2.27. The van der Waals surface area contributed by atoms with Crippen molar-refractivity contribution in [3.63, 3.8) is 0 Å². The number of carbonyl (C=O) groups is 1. The Balaban J connectivity index is 1.63. The van der Waals surface area contributed by atoms with E-state index in [-0.39, 0.29) is 11.7 Å². The second-order valence-corrected chi connectivity index (χ2v) is 7.85. The van der Waals surface area contributed by atoms with Crippen molar-refractivity contribution in [2.75, 3.05) is 26.2 Å². The molecule has 27 heavy (non-hydrogen) atoms. The zero-order chi connectivity index (χ0) is 18.8. The predicted molar refractivity (Wildman–Crippen MR) is 107 cm³/mol. The van der Waals surface area contributed by atoms with E-state index >= 15 is 0 Å². The Morgan fingerprint density at radius 1 is 1.04 bits per heavy atom. The lowest BCUT2D eigenvalue weighted by Crippen LogP contribution is -2.50. The van der Waals surface area contributed by atoms with Gasteiger partial charge in [0.05, 0.1) is 10.6 Å². The summed E-state index contributed by atoms with van der Waals surface area (Å²) in [6.45, 7) is 7.58. The molecular weight excluding hydrogens is 358 g/mol. The molecule has 0 atom stereocenters. The third-order valence-electron chi connectivity index (χ3n) is 4.87. The van der Waals surface area contributed by atoms with Gasteiger partial charge in [-0.15, -0.1) is 16.4 Å². The number of benzene rings is 1. The van der Waals surface area contributed by atoms with Crippen molar-refractivity contribution in [3.8, 4) is 16.4 Å². The summed E-state index contributed by atoms with van der Waals surface area (Å²) >= 11 is 1.59. The normalized spacial score (nSPS) is 15.4. The molecule has 2 aromatic heterocycles. The summed E-state index contributed by atoms with van der Waals surface area (Å²) in [5.74, 6) is 0.881. The SMILES string of the molecule is CC(C)N1CCN(C(=O)c2nc(-c3cccs3)n(-c3ccccc3)n2)CC1. The Labute approximate surface area is 163 Å². The Kier molecular flexibility index (Phi) is 5.05. The lowest BCUT2D eigenvalue weighted by molar-refractivity contribution is 0.0584. The van der Waals surface area contributed by atoms with E-state index in [1.54, 1.807) is 16.0 Å². The van der Waals surface area contributed by atoms with Crippen LogP contribution in [0, 0.1) is 0 Å². The van der Waals surface area contributed by atoms with E-state index < -0.39 is 0 Å². The zero-order valence-electron chi connectivity index (χ0n) is 15.6. The van der Waals surface area contributed by atoms with Crippen LogP contribution in [0.25, 0.3) is 16.4 Å². The summed E-state index contributed by atoms with van der Waals surface area (Å²) in [7, 11) is 0. The Bertz CT molecular complexity index is 896. The number of hydrogen-bond acceptors (Lipinski definition) is 5. The number of hydrogen-bond donors (Lipinski definition) is 0. The topological polar surface area (TPSA) is 54.3 Å². The number of piperazine rings is 1. The standard InChI is InChI=1S/C20H23N5OS/c1-15(2)23-10-12-24(13-11-23)20(26)18-21-19(17-9-6-14-27-17)25(22-18)16-7-4-3-5-8-16/h3-9,14-15H,10-13H2,1-2H3. The number of aromatic nitrogens is 3. The number of carbonyl (C=O) groups excluding carboxylic acids is 1. The molecule has 0 unspecified atom stereocenters. The molecule has 1 amide bonds. The molecule has 0 saturated carbocycles. The number of thiophene rings is 1. The molecule has 0 spiro atoms. The van der Waals surface area contributed by atoms with Gasteiger partial charge in [-0.05, 0) is 37.4 Å².